The Bertz CT molecular complexity index is 801. The number of fused-ring (bicyclic) bond motifs is 1. The second kappa shape index (κ2) is 6.50. The predicted molar refractivity (Wildman–Crippen MR) is 96.4 cm³/mol. The van der Waals surface area contributed by atoms with Crippen molar-refractivity contribution in [3.8, 4) is 0 Å². The summed E-state index contributed by atoms with van der Waals surface area (Å²) >= 11 is 0. The van der Waals surface area contributed by atoms with E-state index in [4.69, 9.17) is 4.74 Å². The number of halogens is 1. The fraction of sp³-hybridized carbons (Fsp3) is 0.474. The molecule has 1 saturated heterocycles. The van der Waals surface area contributed by atoms with Crippen molar-refractivity contribution in [3.63, 3.8) is 0 Å². The van der Waals surface area contributed by atoms with Gasteiger partial charge in [0.15, 0.2) is 0 Å². The van der Waals surface area contributed by atoms with Crippen molar-refractivity contribution in [2.24, 2.45) is 0 Å². The lowest BCUT2D eigenvalue weighted by molar-refractivity contribution is 0.0509. The largest absolute Gasteiger partial charge is 0.444 e. The van der Waals surface area contributed by atoms with Crippen LogP contribution in [-0.2, 0) is 4.74 Å². The Kier molecular flexibility index (Phi) is 4.54. The Morgan fingerprint density at radius 3 is 2.84 bits per heavy atom. The van der Waals surface area contributed by atoms with Gasteiger partial charge in [-0.3, -0.25) is 4.98 Å². The number of nitrogens with one attached hydrogen (secondary N) is 1. The number of alkyl carbamates (subject to hydrolysis) is 1. The summed E-state index contributed by atoms with van der Waals surface area (Å²) in [5.74, 6) is -0.276. The van der Waals surface area contributed by atoms with Crippen molar-refractivity contribution >= 4 is 22.7 Å². The third-order valence-electron chi connectivity index (χ3n) is 4.13. The first-order chi connectivity index (χ1) is 11.7. The van der Waals surface area contributed by atoms with Crippen molar-refractivity contribution in [2.75, 3.05) is 18.0 Å². The zero-order valence-corrected chi connectivity index (χ0v) is 15.1. The number of rotatable bonds is 2. The highest BCUT2D eigenvalue weighted by atomic mass is 19.1. The maximum absolute atomic E-state index is 13.7. The lowest BCUT2D eigenvalue weighted by atomic mass is 10.1. The summed E-state index contributed by atoms with van der Waals surface area (Å²) in [6.07, 6.45) is 0.415. The fourth-order valence-electron chi connectivity index (χ4n) is 3.14. The Hall–Kier alpha value is -2.37. The lowest BCUT2D eigenvalue weighted by Crippen LogP contribution is -2.40. The van der Waals surface area contributed by atoms with Gasteiger partial charge in [-0.15, -0.1) is 0 Å². The maximum atomic E-state index is 13.7. The zero-order valence-electron chi connectivity index (χ0n) is 15.1. The molecule has 0 radical (unpaired) electrons. The number of hydrogen-bond acceptors (Lipinski definition) is 4. The van der Waals surface area contributed by atoms with Crippen LogP contribution in [0.1, 0.15) is 32.9 Å². The number of aryl methyl sites for hydroxylation is 1. The van der Waals surface area contributed by atoms with E-state index >= 15 is 0 Å². The van der Waals surface area contributed by atoms with E-state index < -0.39 is 11.7 Å². The van der Waals surface area contributed by atoms with Crippen molar-refractivity contribution in [1.82, 2.24) is 10.3 Å². The molecule has 1 atom stereocenters. The summed E-state index contributed by atoms with van der Waals surface area (Å²) in [5, 5.41) is 3.71. The number of ether oxygens (including phenoxy) is 1. The second-order valence-electron chi connectivity index (χ2n) is 7.52. The fourth-order valence-corrected chi connectivity index (χ4v) is 3.14. The molecule has 0 spiro atoms. The molecule has 2 aromatic rings. The van der Waals surface area contributed by atoms with Gasteiger partial charge in [0.25, 0.3) is 0 Å². The topological polar surface area (TPSA) is 54.5 Å². The van der Waals surface area contributed by atoms with Crippen molar-refractivity contribution < 1.29 is 13.9 Å². The number of amides is 1. The highest BCUT2D eigenvalue weighted by molar-refractivity contribution is 5.92. The Morgan fingerprint density at radius 2 is 2.12 bits per heavy atom. The number of aromatic nitrogens is 1. The molecule has 0 bridgehead atoms. The van der Waals surface area contributed by atoms with Crippen LogP contribution in [0, 0.1) is 12.7 Å². The highest BCUT2D eigenvalue weighted by Gasteiger charge is 2.27. The molecule has 1 amide bonds. The minimum Gasteiger partial charge on any atom is -0.444 e. The number of anilines is 1. The first-order valence-corrected chi connectivity index (χ1v) is 8.53. The van der Waals surface area contributed by atoms with E-state index in [0.717, 1.165) is 35.2 Å². The summed E-state index contributed by atoms with van der Waals surface area (Å²) in [7, 11) is 0. The van der Waals surface area contributed by atoms with Gasteiger partial charge in [0.05, 0.1) is 11.6 Å². The Balaban J connectivity index is 1.77. The summed E-state index contributed by atoms with van der Waals surface area (Å²) in [6.45, 7) is 8.90. The van der Waals surface area contributed by atoms with E-state index in [2.05, 4.69) is 15.2 Å². The van der Waals surface area contributed by atoms with Crippen molar-refractivity contribution in [2.45, 2.75) is 45.8 Å². The van der Waals surface area contributed by atoms with E-state index in [9.17, 15) is 9.18 Å². The molecule has 6 heteroatoms. The van der Waals surface area contributed by atoms with Crippen LogP contribution in [0.4, 0.5) is 14.9 Å². The molecule has 25 heavy (non-hydrogen) atoms. The number of nitrogens with zero attached hydrogens (tertiary/aromatic N) is 2. The standard InChI is InChI=1S/C19H24FN3O2/c1-12-9-17(15-10-13(20)5-6-16(15)21-12)23-8-7-14(11-23)22-18(24)25-19(2,3)4/h5-6,9-10,14H,7-8,11H2,1-4H3,(H,22,24)/t14-/m0/s1. The summed E-state index contributed by atoms with van der Waals surface area (Å²) in [4.78, 5) is 18.6. The molecular weight excluding hydrogens is 321 g/mol. The van der Waals surface area contributed by atoms with Crippen molar-refractivity contribution in [1.29, 1.82) is 0 Å². The molecule has 5 nitrogen and oxygen atoms in total. The summed E-state index contributed by atoms with van der Waals surface area (Å²) in [5.41, 5.74) is 2.10. The van der Waals surface area contributed by atoms with Crippen LogP contribution in [0.5, 0.6) is 0 Å². The molecule has 0 aliphatic carbocycles. The van der Waals surface area contributed by atoms with Crippen LogP contribution in [0.3, 0.4) is 0 Å². The van der Waals surface area contributed by atoms with E-state index in [1.807, 2.05) is 33.8 Å². The number of hydrogen-bond donors (Lipinski definition) is 1. The van der Waals surface area contributed by atoms with Crippen LogP contribution >= 0.6 is 0 Å². The monoisotopic (exact) mass is 345 g/mol. The van der Waals surface area contributed by atoms with Gasteiger partial charge in [-0.05, 0) is 58.4 Å². The molecule has 2 heterocycles. The van der Waals surface area contributed by atoms with Gasteiger partial charge >= 0.3 is 6.09 Å². The number of carbonyl (C=O) groups is 1. The molecule has 0 saturated carbocycles. The highest BCUT2D eigenvalue weighted by Crippen LogP contribution is 2.30. The number of benzene rings is 1. The van der Waals surface area contributed by atoms with Crippen LogP contribution < -0.4 is 10.2 Å². The van der Waals surface area contributed by atoms with Gasteiger partial charge in [0.2, 0.25) is 0 Å². The molecule has 1 aromatic carbocycles. The van der Waals surface area contributed by atoms with E-state index in [0.29, 0.717) is 6.54 Å². The quantitative estimate of drug-likeness (QED) is 0.900. The molecule has 1 aromatic heterocycles. The first-order valence-electron chi connectivity index (χ1n) is 8.53. The van der Waals surface area contributed by atoms with Gasteiger partial charge in [-0.25, -0.2) is 9.18 Å². The Labute approximate surface area is 147 Å². The van der Waals surface area contributed by atoms with Gasteiger partial charge in [0.1, 0.15) is 11.4 Å². The summed E-state index contributed by atoms with van der Waals surface area (Å²) < 4.78 is 19.0. The SMILES string of the molecule is Cc1cc(N2CC[C@H](NC(=O)OC(C)(C)C)C2)c2cc(F)ccc2n1. The molecule has 1 N–H and O–H groups in total. The minimum absolute atomic E-state index is 0.00642. The lowest BCUT2D eigenvalue weighted by Gasteiger charge is -2.23. The maximum Gasteiger partial charge on any atom is 0.407 e. The van der Waals surface area contributed by atoms with Crippen LogP contribution in [0.15, 0.2) is 24.3 Å². The molecule has 1 fully saturated rings. The average molecular weight is 345 g/mol. The van der Waals surface area contributed by atoms with E-state index in [1.54, 1.807) is 6.07 Å². The van der Waals surface area contributed by atoms with Crippen LogP contribution in [0.2, 0.25) is 0 Å². The molecular formula is C19H24FN3O2. The average Bonchev–Trinajstić information content (AvgIpc) is 2.93. The normalized spacial score (nSPS) is 17.8. The Morgan fingerprint density at radius 1 is 1.36 bits per heavy atom. The third-order valence-corrected chi connectivity index (χ3v) is 4.13. The molecule has 0 unspecified atom stereocenters. The minimum atomic E-state index is -0.516. The van der Waals surface area contributed by atoms with Gasteiger partial charge in [0, 0.05) is 29.9 Å². The van der Waals surface area contributed by atoms with E-state index in [-0.39, 0.29) is 11.9 Å². The second-order valence-corrected chi connectivity index (χ2v) is 7.52. The smallest absolute Gasteiger partial charge is 0.407 e. The molecule has 3 rings (SSSR count). The van der Waals surface area contributed by atoms with Crippen LogP contribution in [-0.4, -0.2) is 35.8 Å². The van der Waals surface area contributed by atoms with Crippen LogP contribution in [0.25, 0.3) is 10.9 Å². The van der Waals surface area contributed by atoms with Gasteiger partial charge in [-0.1, -0.05) is 0 Å². The van der Waals surface area contributed by atoms with Crippen molar-refractivity contribution in [3.05, 3.63) is 35.8 Å². The molecule has 134 valence electrons. The number of carbonyl (C=O) groups excluding carboxylic acids is 1. The predicted octanol–water partition coefficient (Wildman–Crippen LogP) is 3.79. The molecule has 1 aliphatic rings. The van der Waals surface area contributed by atoms with Gasteiger partial charge < -0.3 is 15.0 Å². The zero-order chi connectivity index (χ0) is 18.2. The molecule has 1 aliphatic heterocycles. The van der Waals surface area contributed by atoms with E-state index in [1.165, 1.54) is 12.1 Å². The first kappa shape index (κ1) is 17.5. The van der Waals surface area contributed by atoms with Gasteiger partial charge in [-0.2, -0.15) is 0 Å². The number of pyridine rings is 1. The third kappa shape index (κ3) is 4.18. The summed E-state index contributed by atoms with van der Waals surface area (Å²) in [6, 6.07) is 6.62.